The van der Waals surface area contributed by atoms with Crippen LogP contribution in [0.4, 0.5) is 11.5 Å². The van der Waals surface area contributed by atoms with Gasteiger partial charge in [0.15, 0.2) is 5.82 Å². The van der Waals surface area contributed by atoms with Crippen molar-refractivity contribution in [3.63, 3.8) is 0 Å². The number of nitrogens with one attached hydrogen (secondary N) is 3. The molecule has 0 spiro atoms. The van der Waals surface area contributed by atoms with Gasteiger partial charge in [-0.1, -0.05) is 4.32 Å². The molecule has 0 fully saturated rings. The molecule has 0 saturated carbocycles. The first-order chi connectivity index (χ1) is 8.46. The fraction of sp³-hybridized carbons (Fsp3) is 0.636. The topological polar surface area (TPSA) is 71.2 Å². The minimum Gasteiger partial charge on any atom is -0.411 e. The average Bonchev–Trinajstić information content (AvgIpc) is 2.63. The highest BCUT2D eigenvalue weighted by Gasteiger charge is 2.03. The summed E-state index contributed by atoms with van der Waals surface area (Å²) in [6, 6.07) is 0. The van der Waals surface area contributed by atoms with Crippen molar-refractivity contribution in [2.24, 2.45) is 0 Å². The largest absolute Gasteiger partial charge is 0.411 e. The van der Waals surface area contributed by atoms with Crippen molar-refractivity contribution < 1.29 is 4.90 Å². The minimum absolute atomic E-state index is 0.265. The fourth-order valence-electron chi connectivity index (χ4n) is 1.46. The molecule has 0 aromatic carbocycles. The summed E-state index contributed by atoms with van der Waals surface area (Å²) in [7, 11) is 0. The molecule has 0 aliphatic rings. The van der Waals surface area contributed by atoms with Crippen LogP contribution in [-0.4, -0.2) is 34.2 Å². The van der Waals surface area contributed by atoms with E-state index in [1.807, 2.05) is 6.92 Å². The van der Waals surface area contributed by atoms with Gasteiger partial charge in [-0.15, -0.1) is 0 Å². The Bertz CT molecular complexity index is 335. The molecule has 1 aromatic heterocycles. The zero-order valence-electron chi connectivity index (χ0n) is 11.5. The molecule has 0 amide bonds. The lowest BCUT2D eigenvalue weighted by Crippen LogP contribution is -3.11. The van der Waals surface area contributed by atoms with Gasteiger partial charge in [0.1, 0.15) is 5.69 Å². The Balaban J connectivity index is 0.000000360. The molecule has 0 bridgehead atoms. The van der Waals surface area contributed by atoms with Crippen LogP contribution >= 0.6 is 12.2 Å². The summed E-state index contributed by atoms with van der Waals surface area (Å²) in [6.07, 6.45) is 0. The van der Waals surface area contributed by atoms with Crippen molar-refractivity contribution in [1.29, 1.82) is 0 Å². The van der Waals surface area contributed by atoms with Crippen molar-refractivity contribution in [2.45, 2.75) is 27.7 Å². The molecular weight excluding hydrogens is 266 g/mol. The molecule has 0 radical (unpaired) electrons. The number of hydrogen-bond acceptors (Lipinski definition) is 4. The minimum atomic E-state index is 0.265. The van der Waals surface area contributed by atoms with Crippen LogP contribution in [0.1, 0.15) is 26.5 Å². The molecule has 0 aliphatic carbocycles. The standard InChI is InChI=1S/C6H15N.C5H8N4S2/c1-4-7(5-2)6-3;1-2-3(7-5(10)11)4(6)9-8-2/h4-6H2,1-3H3;1H3,(H3,6,8,9)(H2,7,10,11). The Hall–Kier alpha value is -0.920. The van der Waals surface area contributed by atoms with Crippen LogP contribution in [0.3, 0.4) is 0 Å². The maximum Gasteiger partial charge on any atom is 0.169 e. The summed E-state index contributed by atoms with van der Waals surface area (Å²) >= 11 is 9.34. The highest BCUT2D eigenvalue weighted by molar-refractivity contribution is 8.00. The van der Waals surface area contributed by atoms with Crippen LogP contribution in [0.2, 0.25) is 0 Å². The zero-order chi connectivity index (χ0) is 14.1. The summed E-state index contributed by atoms with van der Waals surface area (Å²) in [6.45, 7) is 12.3. The maximum absolute atomic E-state index is 5.48. The Kier molecular flexibility index (Phi) is 8.61. The number of nitrogen functional groups attached to an aromatic ring is 1. The third-order valence-corrected chi connectivity index (χ3v) is 2.91. The van der Waals surface area contributed by atoms with Gasteiger partial charge in [-0.05, 0) is 27.7 Å². The highest BCUT2D eigenvalue weighted by atomic mass is 32.1. The summed E-state index contributed by atoms with van der Waals surface area (Å²) in [5.74, 6) is 0.384. The first-order valence-corrected chi connectivity index (χ1v) is 6.89. The quantitative estimate of drug-likeness (QED) is 0.479. The first kappa shape index (κ1) is 17.1. The number of thiocarbonyl (C=S) groups is 1. The van der Waals surface area contributed by atoms with Crippen LogP contribution in [0.5, 0.6) is 0 Å². The monoisotopic (exact) mass is 289 g/mol. The third kappa shape index (κ3) is 6.13. The zero-order valence-corrected chi connectivity index (χ0v) is 13.1. The van der Waals surface area contributed by atoms with Crippen LogP contribution < -0.4 is 16.0 Å². The van der Waals surface area contributed by atoms with E-state index in [1.54, 1.807) is 4.90 Å². The van der Waals surface area contributed by atoms with E-state index < -0.39 is 0 Å². The lowest BCUT2D eigenvalue weighted by Gasteiger charge is -2.10. The lowest BCUT2D eigenvalue weighted by atomic mass is 10.4. The highest BCUT2D eigenvalue weighted by Crippen LogP contribution is 2.18. The van der Waals surface area contributed by atoms with Crippen LogP contribution in [0.25, 0.3) is 0 Å². The molecule has 104 valence electrons. The van der Waals surface area contributed by atoms with Gasteiger partial charge in [0.2, 0.25) is 0 Å². The second-order valence-electron chi connectivity index (χ2n) is 3.83. The molecule has 7 heteroatoms. The fourth-order valence-corrected chi connectivity index (χ4v) is 1.66. The van der Waals surface area contributed by atoms with Gasteiger partial charge < -0.3 is 40.8 Å². The number of hydrogen-bond donors (Lipinski definition) is 4. The van der Waals surface area contributed by atoms with E-state index in [0.29, 0.717) is 11.5 Å². The summed E-state index contributed by atoms with van der Waals surface area (Å²) in [5, 5.41) is 9.20. The molecule has 18 heavy (non-hydrogen) atoms. The van der Waals surface area contributed by atoms with Gasteiger partial charge in [0.05, 0.1) is 25.3 Å². The van der Waals surface area contributed by atoms with Gasteiger partial charge in [-0.2, -0.15) is 5.10 Å². The maximum atomic E-state index is 5.48. The molecule has 0 saturated heterocycles. The molecule has 0 unspecified atom stereocenters. The second-order valence-corrected chi connectivity index (χ2v) is 4.91. The number of aryl methyl sites for hydroxylation is 1. The number of quaternary nitrogens is 1. The molecule has 1 aromatic rings. The van der Waals surface area contributed by atoms with Crippen molar-refractivity contribution in [3.05, 3.63) is 5.69 Å². The van der Waals surface area contributed by atoms with E-state index in [-0.39, 0.29) is 4.32 Å². The normalized spacial score (nSPS) is 9.83. The lowest BCUT2D eigenvalue weighted by molar-refractivity contribution is -0.894. The summed E-state index contributed by atoms with van der Waals surface area (Å²) < 4.78 is 0.265. The number of aromatic nitrogens is 2. The van der Waals surface area contributed by atoms with Gasteiger partial charge in [0.25, 0.3) is 0 Å². The molecule has 0 atom stereocenters. The molecular formula is C11H23N5S2. The molecule has 1 heterocycles. The third-order valence-electron chi connectivity index (χ3n) is 2.70. The number of aromatic amines is 1. The first-order valence-electron chi connectivity index (χ1n) is 6.08. The van der Waals surface area contributed by atoms with Gasteiger partial charge in [-0.3, -0.25) is 5.10 Å². The predicted molar refractivity (Wildman–Crippen MR) is 83.9 cm³/mol. The summed E-state index contributed by atoms with van der Waals surface area (Å²) in [5.41, 5.74) is 6.98. The predicted octanol–water partition coefficient (Wildman–Crippen LogP) is 0.475. The molecule has 5 N–H and O–H groups in total. The molecule has 5 nitrogen and oxygen atoms in total. The van der Waals surface area contributed by atoms with Gasteiger partial charge in [-0.25, -0.2) is 0 Å². The summed E-state index contributed by atoms with van der Waals surface area (Å²) in [4.78, 5) is 1.68. The average molecular weight is 289 g/mol. The van der Waals surface area contributed by atoms with E-state index in [1.165, 1.54) is 19.6 Å². The van der Waals surface area contributed by atoms with E-state index >= 15 is 0 Å². The Morgan fingerprint density at radius 2 is 1.89 bits per heavy atom. The smallest absolute Gasteiger partial charge is 0.169 e. The van der Waals surface area contributed by atoms with Crippen LogP contribution in [0, 0.1) is 6.92 Å². The second kappa shape index (κ2) is 9.07. The van der Waals surface area contributed by atoms with E-state index in [4.69, 9.17) is 5.73 Å². The Morgan fingerprint density at radius 3 is 2.11 bits per heavy atom. The molecule has 0 aliphatic heterocycles. The number of nitrogens with zero attached hydrogens (tertiary/aromatic N) is 1. The van der Waals surface area contributed by atoms with Crippen molar-refractivity contribution >= 4 is 40.7 Å². The Labute approximate surface area is 120 Å². The number of rotatable bonds is 4. The van der Waals surface area contributed by atoms with Crippen LogP contribution in [0.15, 0.2) is 0 Å². The SMILES string of the molecule is CC[NH+](CC)CC.Cc1[nH]nc(N)c1NC(=S)[S-]. The van der Waals surface area contributed by atoms with Crippen molar-refractivity contribution in [1.82, 2.24) is 10.2 Å². The number of H-pyrrole nitrogens is 1. The van der Waals surface area contributed by atoms with Crippen LogP contribution in [-0.2, 0) is 12.6 Å². The number of anilines is 2. The van der Waals surface area contributed by atoms with E-state index in [9.17, 15) is 0 Å². The van der Waals surface area contributed by atoms with Crippen molar-refractivity contribution in [2.75, 3.05) is 30.7 Å². The molecule has 1 rings (SSSR count). The van der Waals surface area contributed by atoms with E-state index in [2.05, 4.69) is 61.1 Å². The number of nitrogens with two attached hydrogens (primary N) is 1. The van der Waals surface area contributed by atoms with E-state index in [0.717, 1.165) is 5.69 Å². The van der Waals surface area contributed by atoms with Gasteiger partial charge in [0, 0.05) is 0 Å². The van der Waals surface area contributed by atoms with Crippen molar-refractivity contribution in [3.8, 4) is 0 Å². The van der Waals surface area contributed by atoms with Gasteiger partial charge >= 0.3 is 0 Å². The Morgan fingerprint density at radius 1 is 1.39 bits per heavy atom.